The van der Waals surface area contributed by atoms with Crippen LogP contribution in [0.1, 0.15) is 6.92 Å². The van der Waals surface area contributed by atoms with Gasteiger partial charge in [-0.2, -0.15) is 0 Å². The van der Waals surface area contributed by atoms with Gasteiger partial charge in [-0.25, -0.2) is 0 Å². The molecule has 2 rings (SSSR count). The summed E-state index contributed by atoms with van der Waals surface area (Å²) in [6, 6.07) is 7.56. The molecule has 0 radical (unpaired) electrons. The number of nitrogens with zero attached hydrogens (tertiary/aromatic N) is 2. The van der Waals surface area contributed by atoms with E-state index in [4.69, 9.17) is 10.5 Å². The van der Waals surface area contributed by atoms with E-state index in [2.05, 4.69) is 29.0 Å². The second-order valence-corrected chi connectivity index (χ2v) is 4.71. The van der Waals surface area contributed by atoms with Crippen molar-refractivity contribution >= 4 is 17.3 Å². The molecule has 1 heterocycles. The van der Waals surface area contributed by atoms with E-state index in [0.29, 0.717) is 13.2 Å². The highest BCUT2D eigenvalue weighted by molar-refractivity contribution is 5.78. The maximum atomic E-state index is 11.6. The molecule has 5 nitrogen and oxygen atoms in total. The molecule has 0 saturated heterocycles. The first kappa shape index (κ1) is 13.7. The van der Waals surface area contributed by atoms with Crippen LogP contribution in [0.4, 0.5) is 11.4 Å². The van der Waals surface area contributed by atoms with E-state index in [1.165, 1.54) is 5.69 Å². The van der Waals surface area contributed by atoms with Gasteiger partial charge in [-0.15, -0.1) is 0 Å². The lowest BCUT2D eigenvalue weighted by molar-refractivity contribution is -0.144. The van der Waals surface area contributed by atoms with Crippen LogP contribution in [0.5, 0.6) is 0 Å². The van der Waals surface area contributed by atoms with Gasteiger partial charge in [0.25, 0.3) is 0 Å². The van der Waals surface area contributed by atoms with Crippen LogP contribution in [0.3, 0.4) is 0 Å². The Labute approximate surface area is 113 Å². The average molecular weight is 263 g/mol. The van der Waals surface area contributed by atoms with Crippen molar-refractivity contribution in [3.63, 3.8) is 0 Å². The monoisotopic (exact) mass is 263 g/mol. The number of likely N-dealkylation sites (N-methyl/N-ethyl adjacent to an activating group) is 1. The number of rotatable bonds is 4. The number of ether oxygens (including phenoxy) is 1. The number of benzene rings is 1. The first-order valence-electron chi connectivity index (χ1n) is 6.60. The molecule has 104 valence electrons. The van der Waals surface area contributed by atoms with E-state index < -0.39 is 6.04 Å². The van der Waals surface area contributed by atoms with Gasteiger partial charge < -0.3 is 20.3 Å². The van der Waals surface area contributed by atoms with E-state index >= 15 is 0 Å². The fourth-order valence-electron chi connectivity index (χ4n) is 2.32. The SMILES string of the molecule is CCOC(=O)C(N)CN1CCN(C)c2ccccc21. The number of esters is 1. The zero-order valence-electron chi connectivity index (χ0n) is 11.5. The molecular weight excluding hydrogens is 242 g/mol. The number of hydrogen-bond donors (Lipinski definition) is 1. The quantitative estimate of drug-likeness (QED) is 0.816. The predicted octanol–water partition coefficient (Wildman–Crippen LogP) is 0.833. The van der Waals surface area contributed by atoms with Crippen molar-refractivity contribution in [2.45, 2.75) is 13.0 Å². The van der Waals surface area contributed by atoms with Crippen molar-refractivity contribution in [1.29, 1.82) is 0 Å². The summed E-state index contributed by atoms with van der Waals surface area (Å²) in [6.45, 7) is 4.43. The molecule has 0 saturated carbocycles. The maximum absolute atomic E-state index is 11.6. The van der Waals surface area contributed by atoms with Crippen LogP contribution in [-0.2, 0) is 9.53 Å². The molecule has 0 aliphatic carbocycles. The van der Waals surface area contributed by atoms with Crippen LogP contribution in [0.2, 0.25) is 0 Å². The fraction of sp³-hybridized carbons (Fsp3) is 0.500. The lowest BCUT2D eigenvalue weighted by Gasteiger charge is -2.37. The largest absolute Gasteiger partial charge is 0.465 e. The Balaban J connectivity index is 2.10. The minimum atomic E-state index is -0.601. The molecule has 2 N–H and O–H groups in total. The highest BCUT2D eigenvalue weighted by Crippen LogP contribution is 2.31. The molecule has 1 aliphatic rings. The molecule has 1 unspecified atom stereocenters. The summed E-state index contributed by atoms with van der Waals surface area (Å²) in [5, 5.41) is 0. The van der Waals surface area contributed by atoms with Crippen molar-refractivity contribution in [2.24, 2.45) is 5.73 Å². The standard InChI is InChI=1S/C14H21N3O2/c1-3-19-14(18)11(15)10-17-9-8-16(2)12-6-4-5-7-13(12)17/h4-7,11H,3,8-10,15H2,1-2H3. The number of fused-ring (bicyclic) bond motifs is 1. The molecule has 5 heteroatoms. The van der Waals surface area contributed by atoms with Crippen LogP contribution in [-0.4, -0.2) is 45.3 Å². The number of carbonyl (C=O) groups excluding carboxylic acids is 1. The van der Waals surface area contributed by atoms with Crippen molar-refractivity contribution in [2.75, 3.05) is 43.1 Å². The van der Waals surface area contributed by atoms with Gasteiger partial charge in [0.1, 0.15) is 6.04 Å². The highest BCUT2D eigenvalue weighted by atomic mass is 16.5. The van der Waals surface area contributed by atoms with E-state index in [0.717, 1.165) is 18.8 Å². The Morgan fingerprint density at radius 3 is 2.74 bits per heavy atom. The van der Waals surface area contributed by atoms with Crippen LogP contribution < -0.4 is 15.5 Å². The number of carbonyl (C=O) groups is 1. The molecule has 1 atom stereocenters. The predicted molar refractivity (Wildman–Crippen MR) is 76.5 cm³/mol. The molecule has 1 aromatic carbocycles. The summed E-state index contributed by atoms with van der Waals surface area (Å²) in [5.41, 5.74) is 8.19. The van der Waals surface area contributed by atoms with Gasteiger partial charge in [-0.05, 0) is 19.1 Å². The molecular formula is C14H21N3O2. The van der Waals surface area contributed by atoms with Gasteiger partial charge in [0.05, 0.1) is 18.0 Å². The van der Waals surface area contributed by atoms with Crippen molar-refractivity contribution < 1.29 is 9.53 Å². The summed E-state index contributed by atoms with van der Waals surface area (Å²) in [6.07, 6.45) is 0. The zero-order chi connectivity index (χ0) is 13.8. The fourth-order valence-corrected chi connectivity index (χ4v) is 2.32. The number of hydrogen-bond acceptors (Lipinski definition) is 5. The molecule has 0 amide bonds. The Bertz CT molecular complexity index is 450. The van der Waals surface area contributed by atoms with E-state index in [-0.39, 0.29) is 5.97 Å². The summed E-state index contributed by atoms with van der Waals surface area (Å²) >= 11 is 0. The number of anilines is 2. The van der Waals surface area contributed by atoms with E-state index in [1.807, 2.05) is 12.1 Å². The molecule has 0 fully saturated rings. The molecule has 19 heavy (non-hydrogen) atoms. The topological polar surface area (TPSA) is 58.8 Å². The van der Waals surface area contributed by atoms with Crippen molar-refractivity contribution in [3.8, 4) is 0 Å². The van der Waals surface area contributed by atoms with Gasteiger partial charge in [-0.1, -0.05) is 12.1 Å². The highest BCUT2D eigenvalue weighted by Gasteiger charge is 2.24. The Morgan fingerprint density at radius 1 is 1.37 bits per heavy atom. The lowest BCUT2D eigenvalue weighted by Crippen LogP contribution is -2.48. The van der Waals surface area contributed by atoms with Crippen LogP contribution >= 0.6 is 0 Å². The second kappa shape index (κ2) is 5.93. The van der Waals surface area contributed by atoms with Gasteiger partial charge in [0, 0.05) is 26.7 Å². The van der Waals surface area contributed by atoms with Crippen LogP contribution in [0.15, 0.2) is 24.3 Å². The minimum absolute atomic E-state index is 0.334. The van der Waals surface area contributed by atoms with Crippen LogP contribution in [0, 0.1) is 0 Å². The minimum Gasteiger partial charge on any atom is -0.465 e. The summed E-state index contributed by atoms with van der Waals surface area (Å²) in [4.78, 5) is 16.0. The summed E-state index contributed by atoms with van der Waals surface area (Å²) < 4.78 is 4.95. The average Bonchev–Trinajstić information content (AvgIpc) is 2.42. The van der Waals surface area contributed by atoms with Gasteiger partial charge in [0.2, 0.25) is 0 Å². The van der Waals surface area contributed by atoms with Gasteiger partial charge in [-0.3, -0.25) is 4.79 Å². The Morgan fingerprint density at radius 2 is 2.05 bits per heavy atom. The molecule has 1 aliphatic heterocycles. The normalized spacial score (nSPS) is 15.9. The molecule has 1 aromatic rings. The Hall–Kier alpha value is -1.75. The van der Waals surface area contributed by atoms with Gasteiger partial charge in [0.15, 0.2) is 0 Å². The molecule has 0 bridgehead atoms. The third kappa shape index (κ3) is 2.98. The summed E-state index contributed by atoms with van der Waals surface area (Å²) in [7, 11) is 2.07. The lowest BCUT2D eigenvalue weighted by atomic mass is 10.1. The smallest absolute Gasteiger partial charge is 0.324 e. The summed E-state index contributed by atoms with van der Waals surface area (Å²) in [5.74, 6) is -0.334. The zero-order valence-corrected chi connectivity index (χ0v) is 11.5. The number of nitrogens with two attached hydrogens (primary N) is 1. The first-order chi connectivity index (χ1) is 9.13. The third-order valence-electron chi connectivity index (χ3n) is 3.35. The van der Waals surface area contributed by atoms with Crippen molar-refractivity contribution in [1.82, 2.24) is 0 Å². The third-order valence-corrected chi connectivity index (χ3v) is 3.35. The van der Waals surface area contributed by atoms with Crippen LogP contribution in [0.25, 0.3) is 0 Å². The maximum Gasteiger partial charge on any atom is 0.324 e. The van der Waals surface area contributed by atoms with E-state index in [1.54, 1.807) is 6.92 Å². The number of para-hydroxylation sites is 2. The van der Waals surface area contributed by atoms with E-state index in [9.17, 15) is 4.79 Å². The Kier molecular flexibility index (Phi) is 4.27. The van der Waals surface area contributed by atoms with Crippen molar-refractivity contribution in [3.05, 3.63) is 24.3 Å². The molecule has 0 spiro atoms. The first-order valence-corrected chi connectivity index (χ1v) is 6.60. The van der Waals surface area contributed by atoms with Gasteiger partial charge >= 0.3 is 5.97 Å². The molecule has 0 aromatic heterocycles. The second-order valence-electron chi connectivity index (χ2n) is 4.71.